The number of ether oxygens (including phenoxy) is 1. The van der Waals surface area contributed by atoms with E-state index in [1.165, 1.54) is 19.3 Å². The van der Waals surface area contributed by atoms with Crippen molar-refractivity contribution in [3.63, 3.8) is 0 Å². The Hall–Kier alpha value is -0.340. The van der Waals surface area contributed by atoms with Crippen molar-refractivity contribution in [1.82, 2.24) is 5.32 Å². The van der Waals surface area contributed by atoms with Gasteiger partial charge in [0.25, 0.3) is 0 Å². The molecule has 1 fully saturated rings. The lowest BCUT2D eigenvalue weighted by Crippen LogP contribution is -2.28. The minimum absolute atomic E-state index is 0.524. The Morgan fingerprint density at radius 3 is 2.69 bits per heavy atom. The predicted octanol–water partition coefficient (Wildman–Crippen LogP) is 2.11. The summed E-state index contributed by atoms with van der Waals surface area (Å²) in [5.41, 5.74) is 1.15. The Morgan fingerprint density at radius 1 is 1.54 bits per heavy atom. The van der Waals surface area contributed by atoms with E-state index < -0.39 is 0 Å². The predicted molar refractivity (Wildman–Crippen MR) is 55.9 cm³/mol. The van der Waals surface area contributed by atoms with Gasteiger partial charge in [0.1, 0.15) is 0 Å². The molecular formula is C11H21NO. The van der Waals surface area contributed by atoms with E-state index in [9.17, 15) is 0 Å². The Kier molecular flexibility index (Phi) is 4.46. The summed E-state index contributed by atoms with van der Waals surface area (Å²) >= 11 is 0. The number of hydrogen-bond donors (Lipinski definition) is 1. The molecule has 2 heteroatoms. The molecule has 0 amide bonds. The number of nitrogens with one attached hydrogen (secondary N) is 1. The molecule has 13 heavy (non-hydrogen) atoms. The molecule has 0 spiro atoms. The van der Waals surface area contributed by atoms with Gasteiger partial charge in [-0.15, -0.1) is 0 Å². The molecule has 1 aliphatic carbocycles. The molecule has 1 saturated carbocycles. The van der Waals surface area contributed by atoms with Gasteiger partial charge in [-0.1, -0.05) is 20.4 Å². The van der Waals surface area contributed by atoms with Crippen LogP contribution in [0.5, 0.6) is 0 Å². The average Bonchev–Trinajstić information content (AvgIpc) is 1.98. The van der Waals surface area contributed by atoms with Crippen LogP contribution in [-0.2, 0) is 4.74 Å². The fraction of sp³-hybridized carbons (Fsp3) is 0.818. The molecule has 0 aromatic rings. The summed E-state index contributed by atoms with van der Waals surface area (Å²) in [5.74, 6) is 0. The molecule has 1 aliphatic rings. The number of hydrogen-bond acceptors (Lipinski definition) is 2. The highest BCUT2D eigenvalue weighted by Crippen LogP contribution is 2.22. The minimum Gasteiger partial charge on any atom is -0.374 e. The first-order chi connectivity index (χ1) is 6.18. The first kappa shape index (κ1) is 10.7. The van der Waals surface area contributed by atoms with Crippen molar-refractivity contribution in [1.29, 1.82) is 0 Å². The fourth-order valence-electron chi connectivity index (χ4n) is 1.17. The van der Waals surface area contributed by atoms with Gasteiger partial charge in [0.15, 0.2) is 0 Å². The van der Waals surface area contributed by atoms with Gasteiger partial charge in [-0.05, 0) is 24.8 Å². The van der Waals surface area contributed by atoms with Gasteiger partial charge >= 0.3 is 0 Å². The normalized spacial score (nSPS) is 17.5. The maximum absolute atomic E-state index is 5.63. The summed E-state index contributed by atoms with van der Waals surface area (Å²) in [4.78, 5) is 0. The van der Waals surface area contributed by atoms with Crippen LogP contribution in [0, 0.1) is 0 Å². The fourth-order valence-corrected chi connectivity index (χ4v) is 1.17. The molecule has 0 aliphatic heterocycles. The molecule has 1 N–H and O–H groups in total. The topological polar surface area (TPSA) is 21.3 Å². The van der Waals surface area contributed by atoms with Crippen LogP contribution in [0.4, 0.5) is 0 Å². The Balaban J connectivity index is 1.97. The van der Waals surface area contributed by atoms with Gasteiger partial charge in [0, 0.05) is 12.6 Å². The van der Waals surface area contributed by atoms with E-state index in [0.29, 0.717) is 12.1 Å². The highest BCUT2D eigenvalue weighted by Gasteiger charge is 2.17. The van der Waals surface area contributed by atoms with E-state index in [0.717, 1.165) is 18.7 Å². The third-order valence-corrected chi connectivity index (χ3v) is 2.34. The van der Waals surface area contributed by atoms with Crippen LogP contribution in [0.15, 0.2) is 12.2 Å². The zero-order valence-electron chi connectivity index (χ0n) is 8.81. The Bertz CT molecular complexity index is 161. The first-order valence-electron chi connectivity index (χ1n) is 5.20. The van der Waals surface area contributed by atoms with E-state index in [1.54, 1.807) is 0 Å². The van der Waals surface area contributed by atoms with Gasteiger partial charge in [0.2, 0.25) is 0 Å². The maximum atomic E-state index is 5.63. The van der Waals surface area contributed by atoms with Crippen LogP contribution in [0.3, 0.4) is 0 Å². The van der Waals surface area contributed by atoms with E-state index in [-0.39, 0.29) is 0 Å². The monoisotopic (exact) mass is 183 g/mol. The van der Waals surface area contributed by atoms with Gasteiger partial charge < -0.3 is 10.1 Å². The zero-order valence-corrected chi connectivity index (χ0v) is 8.81. The summed E-state index contributed by atoms with van der Waals surface area (Å²) in [6, 6.07) is 0.528. The van der Waals surface area contributed by atoms with Crippen LogP contribution in [0.2, 0.25) is 0 Å². The van der Waals surface area contributed by atoms with Crippen LogP contribution in [0.1, 0.15) is 33.1 Å². The average molecular weight is 183 g/mol. The van der Waals surface area contributed by atoms with Crippen LogP contribution in [0.25, 0.3) is 0 Å². The van der Waals surface area contributed by atoms with Crippen LogP contribution in [-0.4, -0.2) is 25.3 Å². The summed E-state index contributed by atoms with van der Waals surface area (Å²) in [6.07, 6.45) is 4.34. The molecule has 2 nitrogen and oxygen atoms in total. The quantitative estimate of drug-likeness (QED) is 0.637. The summed E-state index contributed by atoms with van der Waals surface area (Å²) in [6.45, 7) is 9.85. The van der Waals surface area contributed by atoms with Crippen molar-refractivity contribution in [2.75, 3.05) is 13.2 Å². The highest BCUT2D eigenvalue weighted by molar-refractivity contribution is 4.97. The smallest absolute Gasteiger partial charge is 0.0690 e. The molecule has 0 aromatic carbocycles. The summed E-state index contributed by atoms with van der Waals surface area (Å²) in [5, 5.41) is 3.33. The molecule has 0 bridgehead atoms. The van der Waals surface area contributed by atoms with Gasteiger partial charge in [-0.25, -0.2) is 0 Å². The van der Waals surface area contributed by atoms with Crippen molar-refractivity contribution in [3.05, 3.63) is 12.2 Å². The Labute approximate surface area is 81.4 Å². The molecule has 0 aromatic heterocycles. The van der Waals surface area contributed by atoms with E-state index in [2.05, 4.69) is 25.7 Å². The maximum Gasteiger partial charge on any atom is 0.0690 e. The van der Waals surface area contributed by atoms with Gasteiger partial charge in [0.05, 0.1) is 12.7 Å². The van der Waals surface area contributed by atoms with Crippen molar-refractivity contribution >= 4 is 0 Å². The van der Waals surface area contributed by atoms with Crippen molar-refractivity contribution in [2.45, 2.75) is 45.3 Å². The van der Waals surface area contributed by atoms with Crippen molar-refractivity contribution in [3.8, 4) is 0 Å². The standard InChI is InChI=1S/C11H21NO/c1-9(2)12-7-10(3)8-13-11-5-4-6-11/h9,11-12H,3-8H2,1-2H3. The molecule has 0 unspecified atom stereocenters. The van der Waals surface area contributed by atoms with Crippen LogP contribution < -0.4 is 5.32 Å². The highest BCUT2D eigenvalue weighted by atomic mass is 16.5. The van der Waals surface area contributed by atoms with Crippen molar-refractivity contribution < 1.29 is 4.74 Å². The number of rotatable bonds is 6. The lowest BCUT2D eigenvalue weighted by atomic mass is 9.96. The Morgan fingerprint density at radius 2 is 2.23 bits per heavy atom. The van der Waals surface area contributed by atoms with E-state index >= 15 is 0 Å². The third kappa shape index (κ3) is 4.44. The molecule has 0 saturated heterocycles. The second-order valence-electron chi connectivity index (χ2n) is 4.15. The molecular weight excluding hydrogens is 162 g/mol. The first-order valence-corrected chi connectivity index (χ1v) is 5.20. The van der Waals surface area contributed by atoms with Gasteiger partial charge in [-0.2, -0.15) is 0 Å². The molecule has 0 atom stereocenters. The zero-order chi connectivity index (χ0) is 9.68. The third-order valence-electron chi connectivity index (χ3n) is 2.34. The lowest BCUT2D eigenvalue weighted by molar-refractivity contribution is 0.0148. The summed E-state index contributed by atoms with van der Waals surface area (Å²) < 4.78 is 5.63. The van der Waals surface area contributed by atoms with Gasteiger partial charge in [-0.3, -0.25) is 0 Å². The summed E-state index contributed by atoms with van der Waals surface area (Å²) in [7, 11) is 0. The SMILES string of the molecule is C=C(CNC(C)C)COC1CCC1. The lowest BCUT2D eigenvalue weighted by Gasteiger charge is -2.26. The van der Waals surface area contributed by atoms with Crippen LogP contribution >= 0.6 is 0 Å². The molecule has 0 heterocycles. The second-order valence-corrected chi connectivity index (χ2v) is 4.15. The minimum atomic E-state index is 0.524. The van der Waals surface area contributed by atoms with Crippen molar-refractivity contribution in [2.24, 2.45) is 0 Å². The molecule has 0 radical (unpaired) electrons. The van der Waals surface area contributed by atoms with E-state index in [1.807, 2.05) is 0 Å². The molecule has 1 rings (SSSR count). The largest absolute Gasteiger partial charge is 0.374 e. The van der Waals surface area contributed by atoms with E-state index in [4.69, 9.17) is 4.74 Å². The second kappa shape index (κ2) is 5.40. The molecule has 76 valence electrons.